The summed E-state index contributed by atoms with van der Waals surface area (Å²) >= 11 is 7.24. The third kappa shape index (κ3) is 5.98. The fraction of sp³-hybridized carbons (Fsp3) is 0.545. The normalized spacial score (nSPS) is 12.1. The van der Waals surface area contributed by atoms with Gasteiger partial charge in [0.25, 0.3) is 0 Å². The highest BCUT2D eigenvalue weighted by Crippen LogP contribution is 2.05. The minimum absolute atomic E-state index is 0.168. The standard InChI is InChI=1S/C11H16ClN3O3S/c1-19-5-3-9(11(17)18)14-10(16)2-4-15-7-8(12)6-13-15/h6-7,9H,2-5H2,1H3,(H,14,16)(H,17,18). The van der Waals surface area contributed by atoms with E-state index in [1.54, 1.807) is 22.6 Å². The van der Waals surface area contributed by atoms with Gasteiger partial charge in [0.15, 0.2) is 0 Å². The highest BCUT2D eigenvalue weighted by Gasteiger charge is 2.19. The summed E-state index contributed by atoms with van der Waals surface area (Å²) in [6.45, 7) is 0.368. The number of halogens is 1. The van der Waals surface area contributed by atoms with Gasteiger partial charge in [0.2, 0.25) is 5.91 Å². The Labute approximate surface area is 120 Å². The Morgan fingerprint density at radius 1 is 1.63 bits per heavy atom. The maximum atomic E-state index is 11.6. The number of aryl methyl sites for hydroxylation is 1. The number of carboxylic acids is 1. The van der Waals surface area contributed by atoms with Crippen molar-refractivity contribution in [1.82, 2.24) is 15.1 Å². The lowest BCUT2D eigenvalue weighted by atomic mass is 10.2. The minimum Gasteiger partial charge on any atom is -0.480 e. The lowest BCUT2D eigenvalue weighted by Gasteiger charge is -2.13. The zero-order valence-electron chi connectivity index (χ0n) is 10.5. The number of carbonyl (C=O) groups is 2. The smallest absolute Gasteiger partial charge is 0.326 e. The van der Waals surface area contributed by atoms with Gasteiger partial charge >= 0.3 is 5.97 Å². The third-order valence-corrected chi connectivity index (χ3v) is 3.25. The average molecular weight is 306 g/mol. The molecule has 1 rings (SSSR count). The van der Waals surface area contributed by atoms with Crippen LogP contribution < -0.4 is 5.32 Å². The van der Waals surface area contributed by atoms with E-state index in [1.165, 1.54) is 6.20 Å². The van der Waals surface area contributed by atoms with E-state index in [2.05, 4.69) is 10.4 Å². The number of thioether (sulfide) groups is 1. The van der Waals surface area contributed by atoms with Gasteiger partial charge in [-0.2, -0.15) is 16.9 Å². The first-order valence-corrected chi connectivity index (χ1v) is 7.49. The molecule has 0 saturated carbocycles. The molecule has 1 unspecified atom stereocenters. The number of nitrogens with zero attached hydrogens (tertiary/aromatic N) is 2. The van der Waals surface area contributed by atoms with Crippen molar-refractivity contribution in [3.8, 4) is 0 Å². The molecular weight excluding hydrogens is 290 g/mol. The predicted molar refractivity (Wildman–Crippen MR) is 74.4 cm³/mol. The molecule has 6 nitrogen and oxygen atoms in total. The second kappa shape index (κ2) is 8.06. The van der Waals surface area contributed by atoms with Gasteiger partial charge in [0, 0.05) is 19.2 Å². The minimum atomic E-state index is -1.01. The van der Waals surface area contributed by atoms with Gasteiger partial charge < -0.3 is 10.4 Å². The molecule has 1 aromatic rings. The molecule has 2 N–H and O–H groups in total. The predicted octanol–water partition coefficient (Wildman–Crippen LogP) is 1.25. The summed E-state index contributed by atoms with van der Waals surface area (Å²) in [4.78, 5) is 22.6. The lowest BCUT2D eigenvalue weighted by molar-refractivity contribution is -0.141. The number of hydrogen-bond acceptors (Lipinski definition) is 4. The Morgan fingerprint density at radius 2 is 2.37 bits per heavy atom. The van der Waals surface area contributed by atoms with Crippen LogP contribution in [0.4, 0.5) is 0 Å². The number of nitrogens with one attached hydrogen (secondary N) is 1. The van der Waals surface area contributed by atoms with Gasteiger partial charge in [0.05, 0.1) is 11.2 Å². The highest BCUT2D eigenvalue weighted by molar-refractivity contribution is 7.98. The van der Waals surface area contributed by atoms with Crippen LogP contribution in [0.15, 0.2) is 12.4 Å². The Hall–Kier alpha value is -1.21. The molecule has 19 heavy (non-hydrogen) atoms. The largest absolute Gasteiger partial charge is 0.480 e. The average Bonchev–Trinajstić information content (AvgIpc) is 2.77. The fourth-order valence-corrected chi connectivity index (χ4v) is 2.06. The summed E-state index contributed by atoms with van der Waals surface area (Å²) in [6, 6.07) is -0.832. The highest BCUT2D eigenvalue weighted by atomic mass is 35.5. The molecular formula is C11H16ClN3O3S. The molecule has 106 valence electrons. The zero-order valence-corrected chi connectivity index (χ0v) is 12.1. The van der Waals surface area contributed by atoms with Crippen molar-refractivity contribution in [2.75, 3.05) is 12.0 Å². The van der Waals surface area contributed by atoms with E-state index in [0.29, 0.717) is 23.7 Å². The molecule has 1 amide bonds. The van der Waals surface area contributed by atoms with Crippen LogP contribution >= 0.6 is 23.4 Å². The number of hydrogen-bond donors (Lipinski definition) is 2. The molecule has 0 spiro atoms. The molecule has 0 saturated heterocycles. The van der Waals surface area contributed by atoms with Crippen LogP contribution in [0.25, 0.3) is 0 Å². The fourth-order valence-electron chi connectivity index (χ4n) is 1.44. The summed E-state index contributed by atoms with van der Waals surface area (Å²) in [7, 11) is 0. The molecule has 0 aromatic carbocycles. The van der Waals surface area contributed by atoms with Gasteiger partial charge in [0.1, 0.15) is 6.04 Å². The third-order valence-electron chi connectivity index (χ3n) is 2.41. The molecule has 1 aromatic heterocycles. The number of carboxylic acid groups (broad SMARTS) is 1. The van der Waals surface area contributed by atoms with Crippen LogP contribution in [0.3, 0.4) is 0 Å². The van der Waals surface area contributed by atoms with Crippen molar-refractivity contribution < 1.29 is 14.7 Å². The molecule has 0 bridgehead atoms. The maximum absolute atomic E-state index is 11.6. The molecule has 0 aliphatic rings. The van der Waals surface area contributed by atoms with Gasteiger partial charge in [-0.05, 0) is 18.4 Å². The van der Waals surface area contributed by atoms with Crippen LogP contribution in [0.5, 0.6) is 0 Å². The van der Waals surface area contributed by atoms with E-state index in [9.17, 15) is 9.59 Å². The van der Waals surface area contributed by atoms with Gasteiger partial charge in [-0.25, -0.2) is 4.79 Å². The number of rotatable bonds is 8. The van der Waals surface area contributed by atoms with Gasteiger partial charge in [-0.3, -0.25) is 9.48 Å². The maximum Gasteiger partial charge on any atom is 0.326 e. The first-order valence-electron chi connectivity index (χ1n) is 5.72. The van der Waals surface area contributed by atoms with E-state index in [4.69, 9.17) is 16.7 Å². The number of aromatic nitrogens is 2. The Bertz CT molecular complexity index is 439. The van der Waals surface area contributed by atoms with Crippen molar-refractivity contribution >= 4 is 35.2 Å². The van der Waals surface area contributed by atoms with E-state index < -0.39 is 12.0 Å². The topological polar surface area (TPSA) is 84.2 Å². The van der Waals surface area contributed by atoms with Gasteiger partial charge in [-0.15, -0.1) is 0 Å². The molecule has 1 heterocycles. The first-order chi connectivity index (χ1) is 9.02. The lowest BCUT2D eigenvalue weighted by Crippen LogP contribution is -2.41. The van der Waals surface area contributed by atoms with E-state index >= 15 is 0 Å². The quantitative estimate of drug-likeness (QED) is 0.755. The Kier molecular flexibility index (Phi) is 6.72. The molecule has 8 heteroatoms. The van der Waals surface area contributed by atoms with E-state index in [-0.39, 0.29) is 12.3 Å². The first kappa shape index (κ1) is 15.8. The van der Waals surface area contributed by atoms with Crippen molar-refractivity contribution in [3.05, 3.63) is 17.4 Å². The molecule has 0 fully saturated rings. The second-order valence-corrected chi connectivity index (χ2v) is 5.33. The van der Waals surface area contributed by atoms with Crippen LogP contribution in [-0.4, -0.2) is 44.8 Å². The number of amides is 1. The van der Waals surface area contributed by atoms with Crippen molar-refractivity contribution in [1.29, 1.82) is 0 Å². The molecule has 0 aliphatic heterocycles. The van der Waals surface area contributed by atoms with Crippen LogP contribution in [0, 0.1) is 0 Å². The SMILES string of the molecule is CSCCC(NC(=O)CCn1cc(Cl)cn1)C(=O)O. The summed E-state index contributed by atoms with van der Waals surface area (Å²) < 4.78 is 1.54. The van der Waals surface area contributed by atoms with E-state index in [0.717, 1.165) is 0 Å². The zero-order chi connectivity index (χ0) is 14.3. The molecule has 0 aliphatic carbocycles. The summed E-state index contributed by atoms with van der Waals surface area (Å²) in [5, 5.41) is 15.9. The summed E-state index contributed by atoms with van der Waals surface area (Å²) in [5.74, 6) is -0.629. The van der Waals surface area contributed by atoms with Crippen molar-refractivity contribution in [3.63, 3.8) is 0 Å². The van der Waals surface area contributed by atoms with Crippen molar-refractivity contribution in [2.24, 2.45) is 0 Å². The van der Waals surface area contributed by atoms with Crippen molar-refractivity contribution in [2.45, 2.75) is 25.4 Å². The molecule has 1 atom stereocenters. The number of aliphatic carboxylic acids is 1. The van der Waals surface area contributed by atoms with Crippen LogP contribution in [0.2, 0.25) is 5.02 Å². The Balaban J connectivity index is 2.37. The van der Waals surface area contributed by atoms with Gasteiger partial charge in [-0.1, -0.05) is 11.6 Å². The van der Waals surface area contributed by atoms with E-state index in [1.807, 2.05) is 6.26 Å². The van der Waals surface area contributed by atoms with Crippen LogP contribution in [-0.2, 0) is 16.1 Å². The Morgan fingerprint density at radius 3 is 2.89 bits per heavy atom. The van der Waals surface area contributed by atoms with Crippen LogP contribution in [0.1, 0.15) is 12.8 Å². The number of carbonyl (C=O) groups excluding carboxylic acids is 1. The molecule has 0 radical (unpaired) electrons. The summed E-state index contributed by atoms with van der Waals surface area (Å²) in [5.41, 5.74) is 0. The second-order valence-electron chi connectivity index (χ2n) is 3.91. The summed E-state index contributed by atoms with van der Waals surface area (Å²) in [6.07, 6.45) is 5.56. The monoisotopic (exact) mass is 305 g/mol.